The number of urea groups is 1. The van der Waals surface area contributed by atoms with Crippen LogP contribution in [-0.2, 0) is 6.54 Å². The van der Waals surface area contributed by atoms with Gasteiger partial charge >= 0.3 is 6.03 Å². The first-order valence-electron chi connectivity index (χ1n) is 10.9. The van der Waals surface area contributed by atoms with E-state index in [4.69, 9.17) is 16.1 Å². The number of likely N-dealkylation sites (tertiary alicyclic amines) is 1. The molecule has 7 nitrogen and oxygen atoms in total. The van der Waals surface area contributed by atoms with E-state index < -0.39 is 0 Å². The molecule has 1 atom stereocenters. The number of aryl methyl sites for hydroxylation is 1. The largest absolute Gasteiger partial charge is 0.359 e. The van der Waals surface area contributed by atoms with Gasteiger partial charge in [-0.2, -0.15) is 0 Å². The van der Waals surface area contributed by atoms with Crippen molar-refractivity contribution in [3.8, 4) is 11.3 Å². The van der Waals surface area contributed by atoms with Crippen molar-refractivity contribution in [1.29, 1.82) is 0 Å². The first kappa shape index (κ1) is 21.3. The summed E-state index contributed by atoms with van der Waals surface area (Å²) in [6.07, 6.45) is 5.52. The highest BCUT2D eigenvalue weighted by Crippen LogP contribution is 2.34. The molecule has 2 amide bonds. The lowest BCUT2D eigenvalue weighted by Gasteiger charge is -2.25. The summed E-state index contributed by atoms with van der Waals surface area (Å²) in [5.74, 6) is 1.45. The first-order valence-corrected chi connectivity index (χ1v) is 11.3. The average molecular weight is 462 g/mol. The highest BCUT2D eigenvalue weighted by molar-refractivity contribution is 6.30. The van der Waals surface area contributed by atoms with Crippen LogP contribution in [0.5, 0.6) is 0 Å². The Hall–Kier alpha value is -3.58. The number of nitrogens with zero attached hydrogens (tertiary/aromatic N) is 4. The smallest absolute Gasteiger partial charge is 0.322 e. The Morgan fingerprint density at radius 1 is 1.18 bits per heavy atom. The molecule has 0 saturated carbocycles. The third kappa shape index (κ3) is 4.36. The minimum absolute atomic E-state index is 0.104. The standard InChI is InChI=1S/C25H24ClN5O2/c1-17-22(23(29-33-17)19-6-3-2-4-7-19)28-25(32)31-14-5-8-21(31)24-27-13-15-30(24)16-18-9-11-20(26)12-10-18/h2-4,6-7,9-13,15,21H,5,8,14,16H2,1H3,(H,28,32)/t21-/m1/s1. The molecule has 8 heteroatoms. The predicted molar refractivity (Wildman–Crippen MR) is 127 cm³/mol. The Labute approximate surface area is 197 Å². The normalized spacial score (nSPS) is 15.7. The van der Waals surface area contributed by atoms with Gasteiger partial charge in [0.15, 0.2) is 5.76 Å². The number of hydrogen-bond donors (Lipinski definition) is 1. The first-order chi connectivity index (χ1) is 16.1. The molecular weight excluding hydrogens is 438 g/mol. The molecule has 4 aromatic rings. The zero-order chi connectivity index (χ0) is 22.8. The summed E-state index contributed by atoms with van der Waals surface area (Å²) in [5.41, 5.74) is 3.24. The van der Waals surface area contributed by atoms with Crippen LogP contribution in [0.1, 0.15) is 36.0 Å². The van der Waals surface area contributed by atoms with Gasteiger partial charge < -0.3 is 19.3 Å². The number of nitrogens with one attached hydrogen (secondary N) is 1. The van der Waals surface area contributed by atoms with Crippen molar-refractivity contribution in [2.75, 3.05) is 11.9 Å². The predicted octanol–water partition coefficient (Wildman–Crippen LogP) is 5.92. The molecule has 33 heavy (non-hydrogen) atoms. The fourth-order valence-electron chi connectivity index (χ4n) is 4.31. The van der Waals surface area contributed by atoms with Crippen LogP contribution in [0.3, 0.4) is 0 Å². The monoisotopic (exact) mass is 461 g/mol. The van der Waals surface area contributed by atoms with E-state index in [0.29, 0.717) is 35.3 Å². The van der Waals surface area contributed by atoms with Gasteiger partial charge in [0.2, 0.25) is 0 Å². The number of halogens is 1. The van der Waals surface area contributed by atoms with Crippen LogP contribution in [0, 0.1) is 6.92 Å². The number of carbonyl (C=O) groups excluding carboxylic acids is 1. The maximum atomic E-state index is 13.4. The van der Waals surface area contributed by atoms with E-state index in [-0.39, 0.29) is 12.1 Å². The summed E-state index contributed by atoms with van der Waals surface area (Å²) < 4.78 is 7.49. The summed E-state index contributed by atoms with van der Waals surface area (Å²) in [6, 6.07) is 17.2. The number of rotatable bonds is 5. The van der Waals surface area contributed by atoms with Crippen LogP contribution < -0.4 is 5.32 Å². The summed E-state index contributed by atoms with van der Waals surface area (Å²) in [5, 5.41) is 7.92. The van der Waals surface area contributed by atoms with E-state index >= 15 is 0 Å². The second-order valence-corrected chi connectivity index (χ2v) is 8.59. The Morgan fingerprint density at radius 3 is 2.76 bits per heavy atom. The molecule has 3 heterocycles. The number of aromatic nitrogens is 3. The van der Waals surface area contributed by atoms with Crippen molar-refractivity contribution in [1.82, 2.24) is 19.6 Å². The molecule has 1 fully saturated rings. The lowest BCUT2D eigenvalue weighted by Crippen LogP contribution is -2.35. The molecule has 5 rings (SSSR count). The molecule has 1 N–H and O–H groups in total. The molecule has 0 bridgehead atoms. The van der Waals surface area contributed by atoms with Gasteiger partial charge in [0.1, 0.15) is 17.2 Å². The third-order valence-electron chi connectivity index (χ3n) is 5.97. The van der Waals surface area contributed by atoms with E-state index in [2.05, 4.69) is 20.0 Å². The number of carbonyl (C=O) groups is 1. The number of benzene rings is 2. The van der Waals surface area contributed by atoms with Crippen molar-refractivity contribution in [3.63, 3.8) is 0 Å². The Bertz CT molecular complexity index is 1250. The maximum absolute atomic E-state index is 13.4. The second-order valence-electron chi connectivity index (χ2n) is 8.15. The van der Waals surface area contributed by atoms with E-state index in [9.17, 15) is 4.79 Å². The summed E-state index contributed by atoms with van der Waals surface area (Å²) in [4.78, 5) is 19.8. The zero-order valence-corrected chi connectivity index (χ0v) is 19.0. The van der Waals surface area contributed by atoms with Crippen LogP contribution in [0.4, 0.5) is 10.5 Å². The Morgan fingerprint density at radius 2 is 1.97 bits per heavy atom. The molecule has 168 valence electrons. The molecule has 0 radical (unpaired) electrons. The molecule has 0 spiro atoms. The average Bonchev–Trinajstić information content (AvgIpc) is 3.56. The molecular formula is C25H24ClN5O2. The van der Waals surface area contributed by atoms with Gasteiger partial charge in [0.25, 0.3) is 0 Å². The molecule has 2 aromatic heterocycles. The highest BCUT2D eigenvalue weighted by atomic mass is 35.5. The molecule has 1 aliphatic rings. The Balaban J connectivity index is 1.36. The van der Waals surface area contributed by atoms with E-state index in [0.717, 1.165) is 29.8 Å². The lowest BCUT2D eigenvalue weighted by atomic mass is 10.1. The topological polar surface area (TPSA) is 76.2 Å². The van der Waals surface area contributed by atoms with Crippen molar-refractivity contribution >= 4 is 23.3 Å². The molecule has 1 aliphatic heterocycles. The van der Waals surface area contributed by atoms with Crippen molar-refractivity contribution in [3.05, 3.63) is 89.2 Å². The summed E-state index contributed by atoms with van der Waals surface area (Å²) in [6.45, 7) is 3.13. The minimum atomic E-state index is -0.179. The van der Waals surface area contributed by atoms with Crippen LogP contribution in [-0.4, -0.2) is 32.2 Å². The molecule has 1 saturated heterocycles. The van der Waals surface area contributed by atoms with Gasteiger partial charge in [-0.15, -0.1) is 0 Å². The fourth-order valence-corrected chi connectivity index (χ4v) is 4.43. The molecule has 0 unspecified atom stereocenters. The van der Waals surface area contributed by atoms with Gasteiger partial charge in [-0.3, -0.25) is 0 Å². The van der Waals surface area contributed by atoms with E-state index in [1.807, 2.05) is 65.7 Å². The van der Waals surface area contributed by atoms with Gasteiger partial charge in [0.05, 0.1) is 6.04 Å². The molecule has 2 aromatic carbocycles. The van der Waals surface area contributed by atoms with Gasteiger partial charge in [-0.25, -0.2) is 9.78 Å². The highest BCUT2D eigenvalue weighted by Gasteiger charge is 2.34. The third-order valence-corrected chi connectivity index (χ3v) is 6.22. The minimum Gasteiger partial charge on any atom is -0.359 e. The van der Waals surface area contributed by atoms with E-state index in [1.54, 1.807) is 13.1 Å². The lowest BCUT2D eigenvalue weighted by molar-refractivity contribution is 0.204. The van der Waals surface area contributed by atoms with Crippen molar-refractivity contribution in [2.45, 2.75) is 32.4 Å². The van der Waals surface area contributed by atoms with Crippen LogP contribution in [0.15, 0.2) is 71.5 Å². The second kappa shape index (κ2) is 9.11. The Kier molecular flexibility index (Phi) is 5.88. The van der Waals surface area contributed by atoms with Gasteiger partial charge in [-0.05, 0) is 37.5 Å². The summed E-state index contributed by atoms with van der Waals surface area (Å²) in [7, 11) is 0. The summed E-state index contributed by atoms with van der Waals surface area (Å²) >= 11 is 6.02. The van der Waals surface area contributed by atoms with Crippen LogP contribution in [0.2, 0.25) is 5.02 Å². The van der Waals surface area contributed by atoms with E-state index in [1.165, 1.54) is 0 Å². The maximum Gasteiger partial charge on any atom is 0.322 e. The molecule has 0 aliphatic carbocycles. The number of amides is 2. The number of imidazole rings is 1. The van der Waals surface area contributed by atoms with Crippen molar-refractivity contribution in [2.24, 2.45) is 0 Å². The van der Waals surface area contributed by atoms with Gasteiger partial charge in [-0.1, -0.05) is 59.2 Å². The SMILES string of the molecule is Cc1onc(-c2ccccc2)c1NC(=O)N1CCC[C@@H]1c1nccn1Cc1ccc(Cl)cc1. The number of hydrogen-bond acceptors (Lipinski definition) is 4. The van der Waals surface area contributed by atoms with Crippen LogP contribution >= 0.6 is 11.6 Å². The quantitative estimate of drug-likeness (QED) is 0.400. The number of anilines is 1. The van der Waals surface area contributed by atoms with Gasteiger partial charge in [0, 0.05) is 36.1 Å². The zero-order valence-electron chi connectivity index (χ0n) is 18.2. The van der Waals surface area contributed by atoms with Crippen LogP contribution in [0.25, 0.3) is 11.3 Å². The van der Waals surface area contributed by atoms with Crippen molar-refractivity contribution < 1.29 is 9.32 Å². The fraction of sp³-hybridized carbons (Fsp3) is 0.240.